The fourth-order valence-corrected chi connectivity index (χ4v) is 1.09. The van der Waals surface area contributed by atoms with Gasteiger partial charge in [-0.2, -0.15) is 0 Å². The molecule has 2 nitrogen and oxygen atoms in total. The standard InChI is InChI=1S/C8H13NO/c1-6-5-8(2,10)4-3-7(6)9/h3,5,10H,4,9H2,1-2H3. The van der Waals surface area contributed by atoms with E-state index in [-0.39, 0.29) is 0 Å². The van der Waals surface area contributed by atoms with E-state index in [1.807, 2.05) is 13.0 Å². The molecule has 10 heavy (non-hydrogen) atoms. The minimum atomic E-state index is -0.688. The zero-order valence-corrected chi connectivity index (χ0v) is 6.39. The summed E-state index contributed by atoms with van der Waals surface area (Å²) in [5.74, 6) is 0. The van der Waals surface area contributed by atoms with E-state index in [2.05, 4.69) is 0 Å². The number of aliphatic hydroxyl groups is 1. The molecule has 2 heteroatoms. The van der Waals surface area contributed by atoms with Gasteiger partial charge in [-0.05, 0) is 31.9 Å². The second kappa shape index (κ2) is 2.13. The Labute approximate surface area is 61.0 Å². The zero-order valence-electron chi connectivity index (χ0n) is 6.39. The zero-order chi connectivity index (χ0) is 7.78. The molecule has 0 fully saturated rings. The van der Waals surface area contributed by atoms with E-state index in [0.717, 1.165) is 11.3 Å². The summed E-state index contributed by atoms with van der Waals surface area (Å²) in [6.07, 6.45) is 4.27. The molecule has 1 aliphatic carbocycles. The second-order valence-electron chi connectivity index (χ2n) is 3.05. The third-order valence-electron chi connectivity index (χ3n) is 1.72. The number of hydrogen-bond acceptors (Lipinski definition) is 2. The molecule has 56 valence electrons. The van der Waals surface area contributed by atoms with Gasteiger partial charge in [-0.25, -0.2) is 0 Å². The summed E-state index contributed by atoms with van der Waals surface area (Å²) < 4.78 is 0. The van der Waals surface area contributed by atoms with Crippen LogP contribution in [-0.4, -0.2) is 10.7 Å². The minimum Gasteiger partial charge on any atom is -0.399 e. The third-order valence-corrected chi connectivity index (χ3v) is 1.72. The van der Waals surface area contributed by atoms with Crippen LogP contribution in [0.5, 0.6) is 0 Å². The lowest BCUT2D eigenvalue weighted by atomic mass is 9.92. The van der Waals surface area contributed by atoms with Crippen LogP contribution >= 0.6 is 0 Å². The summed E-state index contributed by atoms with van der Waals surface area (Å²) in [6, 6.07) is 0. The molecular weight excluding hydrogens is 126 g/mol. The molecule has 0 amide bonds. The van der Waals surface area contributed by atoms with Crippen molar-refractivity contribution >= 4 is 0 Å². The van der Waals surface area contributed by atoms with Crippen LogP contribution in [0.1, 0.15) is 20.3 Å². The maximum absolute atomic E-state index is 9.49. The van der Waals surface area contributed by atoms with Gasteiger partial charge in [0.15, 0.2) is 0 Å². The summed E-state index contributed by atoms with van der Waals surface area (Å²) >= 11 is 0. The van der Waals surface area contributed by atoms with Crippen LogP contribution in [0, 0.1) is 0 Å². The highest BCUT2D eigenvalue weighted by Gasteiger charge is 2.19. The van der Waals surface area contributed by atoms with Crippen LogP contribution < -0.4 is 5.73 Å². The predicted molar refractivity (Wildman–Crippen MR) is 41.3 cm³/mol. The van der Waals surface area contributed by atoms with Gasteiger partial charge in [0.25, 0.3) is 0 Å². The van der Waals surface area contributed by atoms with Crippen molar-refractivity contribution in [2.75, 3.05) is 0 Å². The minimum absolute atomic E-state index is 0.621. The fraction of sp³-hybridized carbons (Fsp3) is 0.500. The molecule has 0 aromatic heterocycles. The van der Waals surface area contributed by atoms with E-state index in [4.69, 9.17) is 5.73 Å². The van der Waals surface area contributed by atoms with Crippen molar-refractivity contribution in [1.29, 1.82) is 0 Å². The van der Waals surface area contributed by atoms with Crippen molar-refractivity contribution in [2.45, 2.75) is 25.9 Å². The highest BCUT2D eigenvalue weighted by molar-refractivity contribution is 5.33. The van der Waals surface area contributed by atoms with Gasteiger partial charge in [-0.3, -0.25) is 0 Å². The first-order valence-electron chi connectivity index (χ1n) is 3.39. The molecule has 1 atom stereocenters. The van der Waals surface area contributed by atoms with Crippen LogP contribution in [0.15, 0.2) is 23.4 Å². The Hall–Kier alpha value is -0.760. The Kier molecular flexibility index (Phi) is 1.57. The van der Waals surface area contributed by atoms with E-state index in [9.17, 15) is 5.11 Å². The van der Waals surface area contributed by atoms with Crippen molar-refractivity contribution in [3.8, 4) is 0 Å². The topological polar surface area (TPSA) is 46.2 Å². The molecule has 0 saturated heterocycles. The molecule has 0 aromatic rings. The second-order valence-corrected chi connectivity index (χ2v) is 3.05. The van der Waals surface area contributed by atoms with Crippen molar-refractivity contribution in [1.82, 2.24) is 0 Å². The monoisotopic (exact) mass is 139 g/mol. The molecule has 0 heterocycles. The van der Waals surface area contributed by atoms with Crippen LogP contribution in [0.2, 0.25) is 0 Å². The summed E-state index contributed by atoms with van der Waals surface area (Å²) in [5, 5.41) is 9.49. The summed E-state index contributed by atoms with van der Waals surface area (Å²) in [6.45, 7) is 3.68. The number of allylic oxidation sites excluding steroid dienone is 1. The molecule has 1 aliphatic rings. The van der Waals surface area contributed by atoms with Gasteiger partial charge >= 0.3 is 0 Å². The Morgan fingerprint density at radius 2 is 2.30 bits per heavy atom. The molecule has 1 rings (SSSR count). The number of nitrogens with two attached hydrogens (primary N) is 1. The number of rotatable bonds is 0. The molecule has 1 unspecified atom stereocenters. The Morgan fingerprint density at radius 3 is 2.70 bits per heavy atom. The van der Waals surface area contributed by atoms with E-state index in [1.165, 1.54) is 0 Å². The first kappa shape index (κ1) is 7.35. The van der Waals surface area contributed by atoms with Gasteiger partial charge in [-0.15, -0.1) is 0 Å². The molecule has 3 N–H and O–H groups in total. The molecule has 0 bridgehead atoms. The fourth-order valence-electron chi connectivity index (χ4n) is 1.09. The molecular formula is C8H13NO. The highest BCUT2D eigenvalue weighted by atomic mass is 16.3. The largest absolute Gasteiger partial charge is 0.399 e. The van der Waals surface area contributed by atoms with Crippen LogP contribution in [0.3, 0.4) is 0 Å². The van der Waals surface area contributed by atoms with Gasteiger partial charge in [0, 0.05) is 5.70 Å². The van der Waals surface area contributed by atoms with Crippen LogP contribution in [0.25, 0.3) is 0 Å². The smallest absolute Gasteiger partial charge is 0.0841 e. The molecule has 0 aliphatic heterocycles. The Balaban J connectivity index is 2.87. The molecule has 0 aromatic carbocycles. The van der Waals surface area contributed by atoms with Crippen molar-refractivity contribution in [3.05, 3.63) is 23.4 Å². The Bertz CT molecular complexity index is 201. The van der Waals surface area contributed by atoms with Gasteiger partial charge in [0.1, 0.15) is 0 Å². The van der Waals surface area contributed by atoms with Gasteiger partial charge in [0.2, 0.25) is 0 Å². The average molecular weight is 139 g/mol. The van der Waals surface area contributed by atoms with Gasteiger partial charge in [-0.1, -0.05) is 6.08 Å². The maximum atomic E-state index is 9.49. The first-order valence-corrected chi connectivity index (χ1v) is 3.39. The lowest BCUT2D eigenvalue weighted by Gasteiger charge is -2.22. The number of hydrogen-bond donors (Lipinski definition) is 2. The molecule has 0 spiro atoms. The van der Waals surface area contributed by atoms with E-state index < -0.39 is 5.60 Å². The Morgan fingerprint density at radius 1 is 1.70 bits per heavy atom. The summed E-state index contributed by atoms with van der Waals surface area (Å²) in [7, 11) is 0. The van der Waals surface area contributed by atoms with Crippen molar-refractivity contribution < 1.29 is 5.11 Å². The quantitative estimate of drug-likeness (QED) is 0.524. The van der Waals surface area contributed by atoms with Gasteiger partial charge < -0.3 is 10.8 Å². The summed E-state index contributed by atoms with van der Waals surface area (Å²) in [5.41, 5.74) is 6.65. The maximum Gasteiger partial charge on any atom is 0.0841 e. The highest BCUT2D eigenvalue weighted by Crippen LogP contribution is 2.22. The lowest BCUT2D eigenvalue weighted by Crippen LogP contribution is -2.24. The normalized spacial score (nSPS) is 33.1. The van der Waals surface area contributed by atoms with E-state index in [1.54, 1.807) is 13.0 Å². The third kappa shape index (κ3) is 1.39. The summed E-state index contributed by atoms with van der Waals surface area (Å²) in [4.78, 5) is 0. The van der Waals surface area contributed by atoms with E-state index in [0.29, 0.717) is 6.42 Å². The van der Waals surface area contributed by atoms with Gasteiger partial charge in [0.05, 0.1) is 5.60 Å². The van der Waals surface area contributed by atoms with E-state index >= 15 is 0 Å². The first-order chi connectivity index (χ1) is 4.51. The lowest BCUT2D eigenvalue weighted by molar-refractivity contribution is 0.112. The predicted octanol–water partition coefficient (Wildman–Crippen LogP) is 0.930. The van der Waals surface area contributed by atoms with Crippen molar-refractivity contribution in [2.24, 2.45) is 5.73 Å². The molecule has 0 saturated carbocycles. The molecule has 0 radical (unpaired) electrons. The van der Waals surface area contributed by atoms with Crippen LogP contribution in [-0.2, 0) is 0 Å². The van der Waals surface area contributed by atoms with Crippen molar-refractivity contribution in [3.63, 3.8) is 0 Å². The SMILES string of the molecule is CC1=CC(C)(O)CC=C1N. The van der Waals surface area contributed by atoms with Crippen LogP contribution in [0.4, 0.5) is 0 Å². The average Bonchev–Trinajstić information content (AvgIpc) is 1.79.